The van der Waals surface area contributed by atoms with E-state index in [0.29, 0.717) is 12.2 Å². The normalized spacial score (nSPS) is 19.6. The quantitative estimate of drug-likeness (QED) is 0.0338. The van der Waals surface area contributed by atoms with E-state index in [0.717, 1.165) is 116 Å². The molecular formula is C137H176N2O3. The first-order valence-electron chi connectivity index (χ1n) is 53.4. The van der Waals surface area contributed by atoms with Gasteiger partial charge in [-0.05, 0) is 536 Å². The minimum Gasteiger partial charge on any atom is -0.457 e. The second kappa shape index (κ2) is 56.1. The third kappa shape index (κ3) is 37.5. The summed E-state index contributed by atoms with van der Waals surface area (Å²) in [4.78, 5) is 12.1. The number of hydrogen-bond donors (Lipinski definition) is 0. The average Bonchev–Trinajstić information content (AvgIpc) is 0.849. The summed E-state index contributed by atoms with van der Waals surface area (Å²) in [6.07, 6.45) is 28.5. The van der Waals surface area contributed by atoms with E-state index < -0.39 is 0 Å². The molecule has 142 heavy (non-hydrogen) atoms. The number of aryl methyl sites for hydroxylation is 24. The highest BCUT2D eigenvalue weighted by atomic mass is 16.5. The molecule has 752 valence electrons. The number of ketones is 1. The van der Waals surface area contributed by atoms with Crippen LogP contribution in [-0.4, -0.2) is 18.0 Å². The van der Waals surface area contributed by atoms with Crippen molar-refractivity contribution in [3.63, 3.8) is 0 Å². The fraction of sp³-hybridized carbons (Fsp3) is 0.423. The fourth-order valence-corrected chi connectivity index (χ4v) is 18.9. The Bertz CT molecular complexity index is 5710. The smallest absolute Gasteiger partial charge is 0.185 e. The molecule has 0 aliphatic heterocycles. The van der Waals surface area contributed by atoms with Crippen molar-refractivity contribution >= 4 is 35.4 Å². The van der Waals surface area contributed by atoms with E-state index in [1.165, 1.54) is 227 Å². The number of nitrogens with zero attached hydrogens (tertiary/aromatic N) is 2. The number of carbonyl (C=O) groups excluding carboxylic acids is 1. The van der Waals surface area contributed by atoms with E-state index in [4.69, 9.17) is 9.47 Å². The number of carbonyl (C=O) groups is 1. The molecule has 0 saturated heterocycles. The maximum absolute atomic E-state index is 12.1. The van der Waals surface area contributed by atoms with Crippen molar-refractivity contribution in [3.05, 3.63) is 402 Å². The highest BCUT2D eigenvalue weighted by Gasteiger charge is 2.33. The van der Waals surface area contributed by atoms with Crippen LogP contribution < -0.4 is 4.74 Å². The van der Waals surface area contributed by atoms with E-state index in [1.807, 2.05) is 61.5 Å². The average molecular weight is 1900 g/mol. The van der Waals surface area contributed by atoms with Crippen LogP contribution >= 0.6 is 0 Å². The van der Waals surface area contributed by atoms with Crippen molar-refractivity contribution in [1.82, 2.24) is 0 Å². The maximum Gasteiger partial charge on any atom is 0.185 e. The molecule has 4 saturated carbocycles. The molecule has 5 nitrogen and oxygen atoms in total. The summed E-state index contributed by atoms with van der Waals surface area (Å²) in [5.74, 6) is 17.9. The largest absolute Gasteiger partial charge is 0.457 e. The van der Waals surface area contributed by atoms with Gasteiger partial charge in [0.15, 0.2) is 5.78 Å². The second-order valence-corrected chi connectivity index (χ2v) is 44.0. The summed E-state index contributed by atoms with van der Waals surface area (Å²) in [5.41, 5.74) is 42.2. The van der Waals surface area contributed by atoms with Crippen LogP contribution in [0.4, 0.5) is 11.4 Å². The van der Waals surface area contributed by atoms with E-state index in [1.54, 1.807) is 12.5 Å². The molecule has 0 bridgehead atoms. The summed E-state index contributed by atoms with van der Waals surface area (Å²) in [6.45, 7) is 70.2. The van der Waals surface area contributed by atoms with Crippen LogP contribution in [0.3, 0.4) is 0 Å². The maximum atomic E-state index is 12.1. The van der Waals surface area contributed by atoms with E-state index in [9.17, 15) is 4.79 Å². The number of allylic oxidation sites excluding steroid dienone is 1. The van der Waals surface area contributed by atoms with E-state index >= 15 is 0 Å². The lowest BCUT2D eigenvalue weighted by molar-refractivity contribution is -0.0731. The molecule has 16 rings (SSSR count). The van der Waals surface area contributed by atoms with Gasteiger partial charge in [0.05, 0.1) is 23.6 Å². The zero-order valence-corrected chi connectivity index (χ0v) is 93.5. The number of hydrogen-bond acceptors (Lipinski definition) is 5. The first kappa shape index (κ1) is 114. The lowest BCUT2D eigenvalue weighted by atomic mass is 9.68. The molecule has 4 fully saturated rings. The van der Waals surface area contributed by atoms with Gasteiger partial charge in [0, 0.05) is 16.7 Å². The predicted octanol–water partition coefficient (Wildman–Crippen LogP) is 39.0. The van der Waals surface area contributed by atoms with Gasteiger partial charge in [0.1, 0.15) is 11.5 Å². The molecule has 0 spiro atoms. The van der Waals surface area contributed by atoms with E-state index in [2.05, 4.69) is 419 Å². The van der Waals surface area contributed by atoms with Crippen LogP contribution in [0, 0.1) is 237 Å². The van der Waals surface area contributed by atoms with Crippen LogP contribution in [-0.2, 0) is 11.2 Å². The molecule has 4 aliphatic rings. The van der Waals surface area contributed by atoms with Gasteiger partial charge in [-0.1, -0.05) is 251 Å². The Morgan fingerprint density at radius 2 is 0.549 bits per heavy atom. The highest BCUT2D eigenvalue weighted by Crippen LogP contribution is 2.43. The second-order valence-electron chi connectivity index (χ2n) is 44.0. The molecule has 0 radical (unpaired) electrons. The minimum absolute atomic E-state index is 0.0475. The van der Waals surface area contributed by atoms with Crippen molar-refractivity contribution in [1.29, 1.82) is 0 Å². The molecule has 5 heteroatoms. The van der Waals surface area contributed by atoms with Crippen molar-refractivity contribution in [3.8, 4) is 23.3 Å². The van der Waals surface area contributed by atoms with Crippen LogP contribution in [0.15, 0.2) is 235 Å². The Morgan fingerprint density at radius 3 is 0.866 bits per heavy atom. The van der Waals surface area contributed by atoms with Gasteiger partial charge < -0.3 is 9.47 Å². The number of azo groups is 1. The summed E-state index contributed by atoms with van der Waals surface area (Å²) in [5, 5.41) is 8.55. The Kier molecular flexibility index (Phi) is 45.2. The lowest BCUT2D eigenvalue weighted by Gasteiger charge is -2.38. The standard InChI is InChI=1S/C19H20O.C18H20.C18H18.C17H32.C17H20.C16H18N2.C16H30O.C16H18O/c1-13-5-7-17(11-15(13)3)8-10-19(20)18-9-6-14(2)16(4)12-18;2*1-13-5-7-17(11-15(13)3)9-10-18-8-6-14(2)16(4)12-18;2*1-12-5-7-16(9-14(12)3)11-17-8-6-13(2)15(4)10-17;1-11-5-7-15(9-13(11)3)17-18-16-8-6-12(2)14(4)10-16;2*1-11-5-7-15(9-13(11)3)17-16-8-6-12(2)14(4)10-16/h5-12H,1-4H3;5-12H,1-4H3;5-8,11-12H,1-4H3;12-17H,5-11H2,1-4H3;5-10H,11H2,1-4H3;5-10H,1-4H3;11-16H,5-10H2,1-4H3;5-10H,1-4H3. The van der Waals surface area contributed by atoms with Crippen molar-refractivity contribution in [2.45, 2.75) is 324 Å². The van der Waals surface area contributed by atoms with Gasteiger partial charge in [-0.15, -0.1) is 0 Å². The summed E-state index contributed by atoms with van der Waals surface area (Å²) in [7, 11) is 0. The first-order valence-corrected chi connectivity index (χ1v) is 53.4. The molecule has 0 N–H and O–H groups in total. The Labute approximate surface area is 862 Å². The van der Waals surface area contributed by atoms with Crippen LogP contribution in [0.25, 0.3) is 18.2 Å². The molecule has 0 aromatic heterocycles. The van der Waals surface area contributed by atoms with Gasteiger partial charge in [-0.25, -0.2) is 0 Å². The zero-order chi connectivity index (χ0) is 104. The number of rotatable bonds is 15. The number of benzene rings is 12. The monoisotopic (exact) mass is 1900 g/mol. The zero-order valence-electron chi connectivity index (χ0n) is 93.5. The number of ether oxygens (including phenoxy) is 2. The van der Waals surface area contributed by atoms with Gasteiger partial charge in [0.25, 0.3) is 0 Å². The topological polar surface area (TPSA) is 60.2 Å². The lowest BCUT2D eigenvalue weighted by Crippen LogP contribution is -2.34. The first-order chi connectivity index (χ1) is 67.4. The van der Waals surface area contributed by atoms with Crippen LogP contribution in [0.5, 0.6) is 11.5 Å². The molecule has 0 amide bonds. The van der Waals surface area contributed by atoms with Crippen LogP contribution in [0.2, 0.25) is 0 Å². The Hall–Kier alpha value is -11.3. The van der Waals surface area contributed by atoms with Crippen molar-refractivity contribution in [2.24, 2.45) is 69.4 Å². The third-order valence-electron chi connectivity index (χ3n) is 32.2. The highest BCUT2D eigenvalue weighted by molar-refractivity contribution is 6.07. The van der Waals surface area contributed by atoms with E-state index in [-0.39, 0.29) is 5.78 Å². The Balaban J connectivity index is 0.000000181. The van der Waals surface area contributed by atoms with Gasteiger partial charge in [-0.3, -0.25) is 4.79 Å². The van der Waals surface area contributed by atoms with Gasteiger partial charge in [0.2, 0.25) is 0 Å². The molecule has 4 aliphatic carbocycles. The molecular weight excluding hydrogens is 1720 g/mol. The fourth-order valence-electron chi connectivity index (χ4n) is 18.9. The minimum atomic E-state index is 0.0475. The Morgan fingerprint density at radius 1 is 0.268 bits per heavy atom. The SMILES string of the molecule is CC1CCC(CC2CCC(C)C(C)C2)CC1C.CC1CCC(OC2CCC(C)C(C)C2)CC1C.Cc1ccc(C#Cc2ccc(C)c(C)c2)cc1C.Cc1ccc(C=CC(=O)c2ccc(C)c(C)c2)cc1C.Cc1ccc(C=Cc2ccc(C)c(C)c2)cc1C.Cc1ccc(Cc2ccc(C)c(C)c2)cc1C.Cc1ccc(N=Nc2ccc(C)c(C)c2)cc1C.Cc1ccc(Oc2ccc(C)c(C)c2)cc1C. The molecule has 12 aromatic carbocycles. The summed E-state index contributed by atoms with van der Waals surface area (Å²) in [6, 6.07) is 76.0. The third-order valence-corrected chi connectivity index (χ3v) is 32.2. The summed E-state index contributed by atoms with van der Waals surface area (Å²) >= 11 is 0. The molecule has 12 atom stereocenters. The van der Waals surface area contributed by atoms with Crippen molar-refractivity contribution in [2.75, 3.05) is 0 Å². The predicted molar refractivity (Wildman–Crippen MR) is 615 cm³/mol. The van der Waals surface area contributed by atoms with Gasteiger partial charge >= 0.3 is 0 Å². The molecule has 0 heterocycles. The molecule has 12 unspecified atom stereocenters. The summed E-state index contributed by atoms with van der Waals surface area (Å²) < 4.78 is 12.2. The van der Waals surface area contributed by atoms with Gasteiger partial charge in [-0.2, -0.15) is 10.2 Å². The molecule has 12 aromatic rings. The van der Waals surface area contributed by atoms with Crippen LogP contribution in [0.1, 0.15) is 322 Å². The van der Waals surface area contributed by atoms with Crippen molar-refractivity contribution < 1.29 is 14.3 Å².